The van der Waals surface area contributed by atoms with E-state index in [0.717, 1.165) is 76.5 Å². The molecule has 4 heterocycles. The number of likely N-dealkylation sites (N-methyl/N-ethyl adjacent to an activating group) is 2. The second kappa shape index (κ2) is 18.8. The number of imidazole rings is 2. The number of hydrogen-bond acceptors (Lipinski definition) is 6. The molecule has 2 saturated heterocycles. The Morgan fingerprint density at radius 2 is 1.05 bits per heavy atom. The zero-order valence-corrected chi connectivity index (χ0v) is 35.7. The second-order valence-electron chi connectivity index (χ2n) is 16.1. The van der Waals surface area contributed by atoms with Crippen LogP contribution < -0.4 is 0 Å². The van der Waals surface area contributed by atoms with Gasteiger partial charge in [-0.3, -0.25) is 19.4 Å². The van der Waals surface area contributed by atoms with Crippen LogP contribution in [0.25, 0.3) is 33.6 Å². The Kier molecular flexibility index (Phi) is 12.9. The summed E-state index contributed by atoms with van der Waals surface area (Å²) in [5.41, 5.74) is 7.78. The first-order chi connectivity index (χ1) is 29.8. The highest BCUT2D eigenvalue weighted by atomic mass is 19.1. The van der Waals surface area contributed by atoms with E-state index in [1.54, 1.807) is 11.1 Å². The molecule has 0 bridgehead atoms. The summed E-state index contributed by atoms with van der Waals surface area (Å²) in [4.78, 5) is 53.0. The minimum absolute atomic E-state index is 0.0477. The topological polar surface area (TPSA) is 104 Å². The predicted octanol–water partition coefficient (Wildman–Crippen LogP) is 9.58. The molecular formula is C50H57FN8O2. The standard InChI is InChI=1S/C50H57FN8O2/c1-5-56(6-2)45(38-16-11-9-12-17-38)49(60)58-29-15-20-43(58)47-52-31-41(54-47)36-25-21-34(22-26-36)35-23-27-37(28-24-35)42-32-53-48(55-42)44-30-40(51)33-59(44)50(61)46(57(7-3)8-4)39-18-13-10-14-19-39/h9-14,16-19,21-28,31-32,40,43-46H,5-8,15,20,29-30,33H2,1-4H3,(H,52,54)(H,53,55)/t40-,43+,44+,45-,46?/m1/s1. The predicted molar refractivity (Wildman–Crippen MR) is 239 cm³/mol. The van der Waals surface area contributed by atoms with Gasteiger partial charge in [0.1, 0.15) is 29.9 Å². The molecule has 61 heavy (non-hydrogen) atoms. The molecule has 316 valence electrons. The molecule has 0 aliphatic carbocycles. The smallest absolute Gasteiger partial charge is 0.245 e. The van der Waals surface area contributed by atoms with E-state index in [9.17, 15) is 9.59 Å². The van der Waals surface area contributed by atoms with E-state index in [2.05, 4.69) is 94.3 Å². The summed E-state index contributed by atoms with van der Waals surface area (Å²) in [6.07, 6.45) is 4.54. The number of benzene rings is 4. The molecule has 0 radical (unpaired) electrons. The van der Waals surface area contributed by atoms with E-state index < -0.39 is 18.3 Å². The molecule has 2 amide bonds. The number of carbonyl (C=O) groups is 2. The van der Waals surface area contributed by atoms with Crippen molar-refractivity contribution in [2.24, 2.45) is 0 Å². The van der Waals surface area contributed by atoms with Gasteiger partial charge < -0.3 is 19.8 Å². The minimum atomic E-state index is -1.12. The SMILES string of the molecule is CCN(CC)C(C(=O)N1C[C@H](F)C[C@H]1c1ncc(-c2ccc(-c3ccc(-c4cnc([C@@H]5CCCN5C(=O)[C@@H](c5ccccc5)N(CC)CC)[nH]4)cc3)cc2)[nH]1)c1ccccc1. The number of H-pyrrole nitrogens is 2. The summed E-state index contributed by atoms with van der Waals surface area (Å²) < 4.78 is 15.1. The quantitative estimate of drug-likeness (QED) is 0.107. The van der Waals surface area contributed by atoms with E-state index in [1.165, 1.54) is 0 Å². The summed E-state index contributed by atoms with van der Waals surface area (Å²) in [5, 5.41) is 0. The molecule has 6 aromatic rings. The molecule has 8 rings (SSSR count). The molecule has 2 aliphatic heterocycles. The van der Waals surface area contributed by atoms with E-state index in [4.69, 9.17) is 9.97 Å². The number of carbonyl (C=O) groups excluding carboxylic acids is 2. The van der Waals surface area contributed by atoms with Crippen LogP contribution in [-0.2, 0) is 9.59 Å². The molecule has 10 nitrogen and oxygen atoms in total. The fourth-order valence-electron chi connectivity index (χ4n) is 9.37. The highest BCUT2D eigenvalue weighted by molar-refractivity contribution is 5.85. The zero-order valence-electron chi connectivity index (χ0n) is 35.7. The van der Waals surface area contributed by atoms with Crippen molar-refractivity contribution in [1.29, 1.82) is 0 Å². The maximum absolute atomic E-state index is 15.1. The number of alkyl halides is 1. The van der Waals surface area contributed by atoms with Crippen LogP contribution >= 0.6 is 0 Å². The van der Waals surface area contributed by atoms with E-state index in [-0.39, 0.29) is 36.9 Å². The van der Waals surface area contributed by atoms with Gasteiger partial charge in [-0.15, -0.1) is 0 Å². The number of amides is 2. The number of aromatic amines is 2. The third-order valence-corrected chi connectivity index (χ3v) is 12.7. The van der Waals surface area contributed by atoms with Crippen LogP contribution in [0.4, 0.5) is 4.39 Å². The second-order valence-corrected chi connectivity index (χ2v) is 16.1. The van der Waals surface area contributed by atoms with Gasteiger partial charge in [0.2, 0.25) is 11.8 Å². The number of likely N-dealkylation sites (tertiary alicyclic amines) is 2. The average Bonchev–Trinajstić information content (AvgIpc) is 4.15. The average molecular weight is 821 g/mol. The first-order valence-electron chi connectivity index (χ1n) is 22.0. The van der Waals surface area contributed by atoms with Gasteiger partial charge in [0.05, 0.1) is 42.4 Å². The molecule has 5 atom stereocenters. The number of nitrogens with zero attached hydrogens (tertiary/aromatic N) is 6. The van der Waals surface area contributed by atoms with Gasteiger partial charge >= 0.3 is 0 Å². The minimum Gasteiger partial charge on any atom is -0.340 e. The number of hydrogen-bond donors (Lipinski definition) is 2. The maximum Gasteiger partial charge on any atom is 0.245 e. The number of rotatable bonds is 15. The zero-order chi connectivity index (χ0) is 42.5. The van der Waals surface area contributed by atoms with Crippen LogP contribution in [0, 0.1) is 0 Å². The van der Waals surface area contributed by atoms with E-state index in [1.807, 2.05) is 73.5 Å². The highest BCUT2D eigenvalue weighted by Crippen LogP contribution is 2.38. The summed E-state index contributed by atoms with van der Waals surface area (Å²) >= 11 is 0. The Bertz CT molecular complexity index is 2360. The normalized spacial score (nSPS) is 18.9. The van der Waals surface area contributed by atoms with Gasteiger partial charge in [0.25, 0.3) is 0 Å². The molecule has 0 spiro atoms. The molecule has 2 fully saturated rings. The van der Waals surface area contributed by atoms with Crippen LogP contribution in [0.2, 0.25) is 0 Å². The molecule has 1 unspecified atom stereocenters. The first kappa shape index (κ1) is 41.8. The van der Waals surface area contributed by atoms with Crippen molar-refractivity contribution in [2.45, 2.75) is 77.3 Å². The Hall–Kier alpha value is -5.91. The number of aromatic nitrogens is 4. The van der Waals surface area contributed by atoms with Gasteiger partial charge in [0, 0.05) is 13.0 Å². The third-order valence-electron chi connectivity index (χ3n) is 12.7. The third kappa shape index (κ3) is 8.67. The summed E-state index contributed by atoms with van der Waals surface area (Å²) in [7, 11) is 0. The van der Waals surface area contributed by atoms with E-state index in [0.29, 0.717) is 25.5 Å². The molecular weight excluding hydrogens is 764 g/mol. The molecule has 2 aromatic heterocycles. The van der Waals surface area contributed by atoms with Gasteiger partial charge in [-0.1, -0.05) is 137 Å². The van der Waals surface area contributed by atoms with E-state index >= 15 is 4.39 Å². The van der Waals surface area contributed by atoms with Crippen LogP contribution in [0.3, 0.4) is 0 Å². The molecule has 4 aromatic carbocycles. The van der Waals surface area contributed by atoms with Gasteiger partial charge in [-0.05, 0) is 72.4 Å². The lowest BCUT2D eigenvalue weighted by Crippen LogP contribution is -2.43. The van der Waals surface area contributed by atoms with Crippen molar-refractivity contribution in [3.05, 3.63) is 144 Å². The lowest BCUT2D eigenvalue weighted by Gasteiger charge is -2.34. The van der Waals surface area contributed by atoms with Crippen molar-refractivity contribution in [2.75, 3.05) is 39.3 Å². The Balaban J connectivity index is 0.944. The highest BCUT2D eigenvalue weighted by Gasteiger charge is 2.42. The van der Waals surface area contributed by atoms with Gasteiger partial charge in [-0.2, -0.15) is 0 Å². The van der Waals surface area contributed by atoms with Crippen molar-refractivity contribution in [1.82, 2.24) is 39.5 Å². The largest absolute Gasteiger partial charge is 0.340 e. The van der Waals surface area contributed by atoms with Crippen LogP contribution in [0.1, 0.15) is 93.9 Å². The van der Waals surface area contributed by atoms with Crippen LogP contribution in [-0.4, -0.2) is 96.8 Å². The summed E-state index contributed by atoms with van der Waals surface area (Å²) in [5.74, 6) is 1.45. The van der Waals surface area contributed by atoms with Crippen LogP contribution in [0.15, 0.2) is 122 Å². The molecule has 2 N–H and O–H groups in total. The lowest BCUT2D eigenvalue weighted by molar-refractivity contribution is -0.139. The van der Waals surface area contributed by atoms with Gasteiger partial charge in [-0.25, -0.2) is 14.4 Å². The summed E-state index contributed by atoms with van der Waals surface area (Å²) in [6, 6.07) is 35.2. The first-order valence-corrected chi connectivity index (χ1v) is 22.0. The van der Waals surface area contributed by atoms with Crippen molar-refractivity contribution in [3.8, 4) is 33.6 Å². The molecule has 2 aliphatic rings. The fraction of sp³-hybridized carbons (Fsp3) is 0.360. The molecule has 11 heteroatoms. The maximum atomic E-state index is 15.1. The Morgan fingerprint density at radius 1 is 0.623 bits per heavy atom. The monoisotopic (exact) mass is 820 g/mol. The van der Waals surface area contributed by atoms with Crippen molar-refractivity contribution < 1.29 is 14.0 Å². The van der Waals surface area contributed by atoms with Crippen molar-refractivity contribution in [3.63, 3.8) is 0 Å². The van der Waals surface area contributed by atoms with Gasteiger partial charge in [0.15, 0.2) is 0 Å². The Labute approximate surface area is 358 Å². The lowest BCUT2D eigenvalue weighted by atomic mass is 10.0. The number of halogens is 1. The summed E-state index contributed by atoms with van der Waals surface area (Å²) in [6.45, 7) is 12.1. The molecule has 0 saturated carbocycles. The van der Waals surface area contributed by atoms with Crippen molar-refractivity contribution >= 4 is 11.8 Å². The number of nitrogens with one attached hydrogen (secondary N) is 2. The van der Waals surface area contributed by atoms with Crippen LogP contribution in [0.5, 0.6) is 0 Å². The Morgan fingerprint density at radius 3 is 1.51 bits per heavy atom. The fourth-order valence-corrected chi connectivity index (χ4v) is 9.37.